The van der Waals surface area contributed by atoms with E-state index in [4.69, 9.17) is 14.6 Å². The van der Waals surface area contributed by atoms with Crippen molar-refractivity contribution in [3.8, 4) is 11.5 Å². The number of halogens is 1. The average molecular weight is 674 g/mol. The van der Waals surface area contributed by atoms with Crippen LogP contribution in [0.3, 0.4) is 0 Å². The number of carbonyl (C=O) groups excluding carboxylic acids is 2. The highest BCUT2D eigenvalue weighted by atomic mass is 32.2. The molecule has 1 aliphatic rings. The number of ketones is 1. The van der Waals surface area contributed by atoms with Gasteiger partial charge < -0.3 is 20.1 Å². The van der Waals surface area contributed by atoms with Crippen molar-refractivity contribution in [2.75, 3.05) is 12.0 Å². The Hall–Kier alpha value is -5.27. The summed E-state index contributed by atoms with van der Waals surface area (Å²) in [5, 5.41) is 39.8. The average Bonchev–Trinajstić information content (AvgIpc) is 3.62. The normalized spacial score (nSPS) is 15.4. The fourth-order valence-corrected chi connectivity index (χ4v) is 6.89. The predicted octanol–water partition coefficient (Wildman–Crippen LogP) is 6.86. The van der Waals surface area contributed by atoms with Crippen molar-refractivity contribution >= 4 is 62.4 Å². The van der Waals surface area contributed by atoms with Gasteiger partial charge in [0.1, 0.15) is 11.6 Å². The van der Waals surface area contributed by atoms with Crippen LogP contribution in [0.1, 0.15) is 35.2 Å². The topological polar surface area (TPSA) is 150 Å². The molecule has 0 radical (unpaired) electrons. The lowest BCUT2D eigenvalue weighted by Gasteiger charge is -2.23. The highest BCUT2D eigenvalue weighted by Gasteiger charge is 2.48. The number of aromatic nitrogens is 2. The van der Waals surface area contributed by atoms with E-state index >= 15 is 0 Å². The van der Waals surface area contributed by atoms with Gasteiger partial charge in [0.2, 0.25) is 5.13 Å². The van der Waals surface area contributed by atoms with E-state index in [0.717, 1.165) is 40.7 Å². The number of benzene rings is 4. The molecule has 6 rings (SSSR count). The molecule has 5 aromatic rings. The number of hydrogen-bond donors (Lipinski definition) is 3. The number of aliphatic carboxylic acids is 1. The third-order valence-electron chi connectivity index (χ3n) is 7.24. The van der Waals surface area contributed by atoms with E-state index in [1.807, 2.05) is 36.4 Å². The van der Waals surface area contributed by atoms with E-state index in [9.17, 15) is 24.2 Å². The van der Waals surface area contributed by atoms with Gasteiger partial charge in [0, 0.05) is 18.2 Å². The molecule has 1 aromatic heterocycles. The summed E-state index contributed by atoms with van der Waals surface area (Å²) in [5.41, 5.74) is 1.63. The minimum Gasteiger partial charge on any atom is -0.507 e. The van der Waals surface area contributed by atoms with Gasteiger partial charge in [-0.1, -0.05) is 83.8 Å². The minimum atomic E-state index is -1.15. The summed E-state index contributed by atoms with van der Waals surface area (Å²) >= 11 is 2.58. The molecule has 240 valence electrons. The highest BCUT2D eigenvalue weighted by Crippen LogP contribution is 2.45. The van der Waals surface area contributed by atoms with Crippen LogP contribution in [0.4, 0.5) is 9.52 Å². The first kappa shape index (κ1) is 33.1. The van der Waals surface area contributed by atoms with Crippen LogP contribution in [-0.2, 0) is 20.1 Å². The number of aromatic hydroxyl groups is 1. The van der Waals surface area contributed by atoms with Gasteiger partial charge in [0.15, 0.2) is 15.8 Å². The number of fused-ring (bicyclic) bond motifs is 1. The van der Waals surface area contributed by atoms with Crippen LogP contribution in [0.15, 0.2) is 88.8 Å². The van der Waals surface area contributed by atoms with Gasteiger partial charge in [-0.25, -0.2) is 4.39 Å². The van der Waals surface area contributed by atoms with Crippen LogP contribution in [0.25, 0.3) is 16.5 Å². The summed E-state index contributed by atoms with van der Waals surface area (Å²) in [6, 6.07) is 21.4. The van der Waals surface area contributed by atoms with Gasteiger partial charge >= 0.3 is 5.91 Å². The minimum absolute atomic E-state index is 0.0421. The first-order chi connectivity index (χ1) is 22.5. The smallest absolute Gasteiger partial charge is 0.301 e. The molecule has 1 aliphatic heterocycles. The van der Waals surface area contributed by atoms with Crippen molar-refractivity contribution in [2.45, 2.75) is 30.0 Å². The molecule has 0 bridgehead atoms. The van der Waals surface area contributed by atoms with E-state index in [1.165, 1.54) is 54.1 Å². The molecule has 0 spiro atoms. The lowest BCUT2D eigenvalue weighted by molar-refractivity contribution is -0.134. The zero-order chi connectivity index (χ0) is 33.8. The van der Waals surface area contributed by atoms with E-state index in [0.29, 0.717) is 21.2 Å². The maximum atomic E-state index is 14.4. The Morgan fingerprint density at radius 2 is 1.74 bits per heavy atom. The number of aryl methyl sites for hydroxylation is 1. The molecule has 1 amide bonds. The van der Waals surface area contributed by atoms with Crippen molar-refractivity contribution in [3.05, 3.63) is 113 Å². The molecule has 2 heterocycles. The van der Waals surface area contributed by atoms with Gasteiger partial charge in [-0.15, -0.1) is 10.2 Å². The van der Waals surface area contributed by atoms with Crippen LogP contribution in [0.5, 0.6) is 11.5 Å². The lowest BCUT2D eigenvalue weighted by Crippen LogP contribution is -2.29. The van der Waals surface area contributed by atoms with Crippen LogP contribution < -0.4 is 9.64 Å². The monoisotopic (exact) mass is 673 g/mol. The van der Waals surface area contributed by atoms with Crippen LogP contribution in [0.2, 0.25) is 0 Å². The second-order valence-corrected chi connectivity index (χ2v) is 12.5. The first-order valence-corrected chi connectivity index (χ1v) is 15.9. The molecule has 1 unspecified atom stereocenters. The SMILES string of the molecule is CC(=O)O.COc1cc(C2C(=C(O)c3ccc(C)c(F)c3)C(=O)C(=O)N2c2nnc(SCc3cccc4ccccc34)s2)ccc1O. The molecular weight excluding hydrogens is 646 g/mol. The Morgan fingerprint density at radius 3 is 2.47 bits per heavy atom. The fraction of sp³-hybridized carbons (Fsp3) is 0.147. The van der Waals surface area contributed by atoms with Crippen molar-refractivity contribution < 1.29 is 38.8 Å². The Morgan fingerprint density at radius 1 is 1.02 bits per heavy atom. The number of phenols is 1. The van der Waals surface area contributed by atoms with Gasteiger partial charge in [-0.2, -0.15) is 0 Å². The summed E-state index contributed by atoms with van der Waals surface area (Å²) in [6.07, 6.45) is 0. The van der Waals surface area contributed by atoms with Crippen molar-refractivity contribution in [2.24, 2.45) is 0 Å². The third kappa shape index (κ3) is 6.95. The van der Waals surface area contributed by atoms with E-state index in [1.54, 1.807) is 6.92 Å². The number of phenolic OH excluding ortho intramolecular Hbond substituents is 1. The second kappa shape index (κ2) is 14.0. The summed E-state index contributed by atoms with van der Waals surface area (Å²) < 4.78 is 20.3. The molecule has 1 saturated heterocycles. The molecule has 13 heteroatoms. The Balaban J connectivity index is 0.00000103. The summed E-state index contributed by atoms with van der Waals surface area (Å²) in [7, 11) is 1.37. The zero-order valence-corrected chi connectivity index (χ0v) is 26.9. The Kier molecular flexibility index (Phi) is 9.87. The maximum absolute atomic E-state index is 14.4. The fourth-order valence-electron chi connectivity index (χ4n) is 5.02. The number of aliphatic hydroxyl groups excluding tert-OH is 1. The van der Waals surface area contributed by atoms with Gasteiger partial charge in [-0.05, 0) is 52.6 Å². The molecule has 0 saturated carbocycles. The predicted molar refractivity (Wildman–Crippen MR) is 177 cm³/mol. The quantitative estimate of drug-likeness (QED) is 0.0550. The molecule has 1 fully saturated rings. The number of carboxylic acid groups (broad SMARTS) is 1. The maximum Gasteiger partial charge on any atom is 0.301 e. The number of amides is 1. The summed E-state index contributed by atoms with van der Waals surface area (Å²) in [5.74, 6) is -3.26. The lowest BCUT2D eigenvalue weighted by atomic mass is 9.95. The number of thioether (sulfide) groups is 1. The summed E-state index contributed by atoms with van der Waals surface area (Å²) in [6.45, 7) is 2.66. The third-order valence-corrected chi connectivity index (χ3v) is 9.35. The molecule has 1 atom stereocenters. The number of ether oxygens (including phenoxy) is 1. The van der Waals surface area contributed by atoms with E-state index in [2.05, 4.69) is 16.3 Å². The largest absolute Gasteiger partial charge is 0.507 e. The molecule has 3 N–H and O–H groups in total. The molecule has 47 heavy (non-hydrogen) atoms. The highest BCUT2D eigenvalue weighted by molar-refractivity contribution is 8.00. The number of rotatable bonds is 7. The first-order valence-electron chi connectivity index (χ1n) is 14.1. The van der Waals surface area contributed by atoms with Crippen LogP contribution >= 0.6 is 23.1 Å². The Labute approximate surface area is 276 Å². The number of carbonyl (C=O) groups is 3. The van der Waals surface area contributed by atoms with Crippen molar-refractivity contribution in [1.29, 1.82) is 0 Å². The van der Waals surface area contributed by atoms with E-state index in [-0.39, 0.29) is 27.8 Å². The molecule has 4 aromatic carbocycles. The number of hydrogen-bond acceptors (Lipinski definition) is 10. The Bertz CT molecular complexity index is 2040. The zero-order valence-electron chi connectivity index (χ0n) is 25.3. The second-order valence-electron chi connectivity index (χ2n) is 10.4. The standard InChI is InChI=1S/C32H24FN3O5S2.C2H4O2/c1-17-10-11-20(14-23(17)33)28(38)26-27(19-12-13-24(37)25(15-19)41-2)36(30(40)29(26)39)31-34-35-32(43-31)42-16-21-8-5-7-18-6-3-4-9-22(18)21;1-2(3)4/h3-15,27,37-38H,16H2,1-2H3;1H3,(H,3,4). The number of aliphatic hydroxyl groups is 1. The number of carboxylic acids is 1. The number of Topliss-reactive ketones (excluding diaryl/α,β-unsaturated/α-hetero) is 1. The molecular formula is C34H28FN3O7S2. The van der Waals surface area contributed by atoms with Crippen molar-refractivity contribution in [1.82, 2.24) is 10.2 Å². The van der Waals surface area contributed by atoms with E-state index < -0.39 is 35.3 Å². The molecule has 10 nitrogen and oxygen atoms in total. The van der Waals surface area contributed by atoms with Gasteiger partial charge in [0.25, 0.3) is 11.8 Å². The van der Waals surface area contributed by atoms with Crippen molar-refractivity contribution in [3.63, 3.8) is 0 Å². The number of methoxy groups -OCH3 is 1. The number of anilines is 1. The van der Waals surface area contributed by atoms with Gasteiger partial charge in [0.05, 0.1) is 18.7 Å². The number of nitrogens with zero attached hydrogens (tertiary/aromatic N) is 3. The van der Waals surface area contributed by atoms with Crippen LogP contribution in [0, 0.1) is 12.7 Å². The summed E-state index contributed by atoms with van der Waals surface area (Å²) in [4.78, 5) is 37.2. The molecule has 0 aliphatic carbocycles. The van der Waals surface area contributed by atoms with Gasteiger partial charge in [-0.3, -0.25) is 19.3 Å². The van der Waals surface area contributed by atoms with Crippen LogP contribution in [-0.4, -0.2) is 50.3 Å².